The van der Waals surface area contributed by atoms with Gasteiger partial charge in [-0.25, -0.2) is 0 Å². The van der Waals surface area contributed by atoms with Crippen LogP contribution in [0.2, 0.25) is 0 Å². The maximum absolute atomic E-state index is 12.4. The lowest BCUT2D eigenvalue weighted by atomic mass is 9.87. The standard InChI is InChI=1S/C21H26N2O2S/c1-3-14-9-10-18-16(11-14)12-19(26-18)21(25)22-13-20(24)23-17-8-6-5-7-15(17)4-2/h5-8,12,14H,3-4,9-11,13H2,1-2H3,(H,22,25)(H,23,24)/t14-/m1/s1. The summed E-state index contributed by atoms with van der Waals surface area (Å²) in [6.07, 6.45) is 5.40. The van der Waals surface area contributed by atoms with Crippen LogP contribution in [0.15, 0.2) is 30.3 Å². The number of para-hydroxylation sites is 1. The highest BCUT2D eigenvalue weighted by Crippen LogP contribution is 2.33. The van der Waals surface area contributed by atoms with E-state index in [1.165, 1.54) is 23.3 Å². The van der Waals surface area contributed by atoms with Crippen molar-refractivity contribution in [2.24, 2.45) is 5.92 Å². The van der Waals surface area contributed by atoms with Gasteiger partial charge in [-0.2, -0.15) is 0 Å². The Bertz CT molecular complexity index is 797. The smallest absolute Gasteiger partial charge is 0.261 e. The zero-order valence-corrected chi connectivity index (χ0v) is 16.2. The van der Waals surface area contributed by atoms with Gasteiger partial charge in [0.05, 0.1) is 11.4 Å². The van der Waals surface area contributed by atoms with Gasteiger partial charge in [0, 0.05) is 10.6 Å². The van der Waals surface area contributed by atoms with Gasteiger partial charge in [0.15, 0.2) is 0 Å². The lowest BCUT2D eigenvalue weighted by molar-refractivity contribution is -0.115. The fourth-order valence-corrected chi connectivity index (χ4v) is 4.58. The van der Waals surface area contributed by atoms with Crippen molar-refractivity contribution in [1.82, 2.24) is 5.32 Å². The molecule has 1 aromatic carbocycles. The van der Waals surface area contributed by atoms with Gasteiger partial charge in [0.25, 0.3) is 5.91 Å². The highest BCUT2D eigenvalue weighted by molar-refractivity contribution is 7.14. The molecule has 0 unspecified atom stereocenters. The number of rotatable bonds is 6. The molecule has 1 heterocycles. The molecule has 0 radical (unpaired) electrons. The number of thiophene rings is 1. The molecule has 1 atom stereocenters. The predicted molar refractivity (Wildman–Crippen MR) is 107 cm³/mol. The summed E-state index contributed by atoms with van der Waals surface area (Å²) in [7, 11) is 0. The van der Waals surface area contributed by atoms with Crippen molar-refractivity contribution in [2.75, 3.05) is 11.9 Å². The van der Waals surface area contributed by atoms with E-state index >= 15 is 0 Å². The molecule has 0 spiro atoms. The van der Waals surface area contributed by atoms with Crippen LogP contribution in [0.5, 0.6) is 0 Å². The van der Waals surface area contributed by atoms with Crippen LogP contribution in [-0.4, -0.2) is 18.4 Å². The topological polar surface area (TPSA) is 58.2 Å². The molecule has 0 saturated heterocycles. The molecule has 0 aliphatic heterocycles. The van der Waals surface area contributed by atoms with E-state index in [-0.39, 0.29) is 18.4 Å². The third-order valence-corrected chi connectivity index (χ3v) is 6.30. The second-order valence-corrected chi connectivity index (χ2v) is 7.95. The van der Waals surface area contributed by atoms with Crippen LogP contribution in [0.25, 0.3) is 0 Å². The minimum atomic E-state index is -0.202. The molecule has 138 valence electrons. The monoisotopic (exact) mass is 370 g/mol. The fourth-order valence-electron chi connectivity index (χ4n) is 3.45. The molecule has 2 aromatic rings. The first-order chi connectivity index (χ1) is 12.6. The van der Waals surface area contributed by atoms with Gasteiger partial charge in [-0.15, -0.1) is 11.3 Å². The summed E-state index contributed by atoms with van der Waals surface area (Å²) < 4.78 is 0. The Labute approximate surface area is 159 Å². The van der Waals surface area contributed by atoms with Crippen molar-refractivity contribution in [3.8, 4) is 0 Å². The summed E-state index contributed by atoms with van der Waals surface area (Å²) in [6, 6.07) is 9.75. The van der Waals surface area contributed by atoms with Crippen LogP contribution in [0.4, 0.5) is 5.69 Å². The van der Waals surface area contributed by atoms with Crippen molar-refractivity contribution in [1.29, 1.82) is 0 Å². The van der Waals surface area contributed by atoms with Crippen molar-refractivity contribution >= 4 is 28.8 Å². The molecule has 1 aliphatic rings. The Kier molecular flexibility index (Phi) is 6.09. The zero-order valence-electron chi connectivity index (χ0n) is 15.4. The van der Waals surface area contributed by atoms with Crippen molar-refractivity contribution < 1.29 is 9.59 Å². The number of amides is 2. The summed E-state index contributed by atoms with van der Waals surface area (Å²) in [5.41, 5.74) is 3.22. The van der Waals surface area contributed by atoms with Gasteiger partial charge in [0.2, 0.25) is 5.91 Å². The Morgan fingerprint density at radius 1 is 1.23 bits per heavy atom. The normalized spacial score (nSPS) is 16.0. The first-order valence-electron chi connectivity index (χ1n) is 9.38. The summed E-state index contributed by atoms with van der Waals surface area (Å²) in [6.45, 7) is 4.26. The van der Waals surface area contributed by atoms with Crippen LogP contribution in [0, 0.1) is 5.92 Å². The number of aryl methyl sites for hydroxylation is 2. The fraction of sp³-hybridized carbons (Fsp3) is 0.429. The molecule has 3 rings (SSSR count). The molecule has 0 saturated carbocycles. The molecular weight excluding hydrogens is 344 g/mol. The Morgan fingerprint density at radius 3 is 2.81 bits per heavy atom. The number of carbonyl (C=O) groups is 2. The zero-order chi connectivity index (χ0) is 18.5. The maximum Gasteiger partial charge on any atom is 0.261 e. The minimum absolute atomic E-state index is 0.0168. The highest BCUT2D eigenvalue weighted by atomic mass is 32.1. The largest absolute Gasteiger partial charge is 0.342 e. The second-order valence-electron chi connectivity index (χ2n) is 6.82. The summed E-state index contributed by atoms with van der Waals surface area (Å²) >= 11 is 1.57. The summed E-state index contributed by atoms with van der Waals surface area (Å²) in [4.78, 5) is 26.6. The number of benzene rings is 1. The molecule has 1 aliphatic carbocycles. The molecule has 2 amide bonds. The summed E-state index contributed by atoms with van der Waals surface area (Å²) in [5.74, 6) is 0.375. The van der Waals surface area contributed by atoms with Crippen LogP contribution in [0.1, 0.15) is 52.4 Å². The van der Waals surface area contributed by atoms with E-state index in [0.717, 1.165) is 36.4 Å². The number of fused-ring (bicyclic) bond motifs is 1. The molecular formula is C21H26N2O2S. The number of carbonyl (C=O) groups excluding carboxylic acids is 2. The first-order valence-corrected chi connectivity index (χ1v) is 10.2. The average Bonchev–Trinajstić information content (AvgIpc) is 3.09. The van der Waals surface area contributed by atoms with Crippen molar-refractivity contribution in [3.05, 3.63) is 51.2 Å². The Hall–Kier alpha value is -2.14. The minimum Gasteiger partial charge on any atom is -0.342 e. The third kappa shape index (κ3) is 4.33. The van der Waals surface area contributed by atoms with E-state index in [4.69, 9.17) is 0 Å². The molecule has 0 bridgehead atoms. The van der Waals surface area contributed by atoms with Gasteiger partial charge in [-0.1, -0.05) is 38.5 Å². The quantitative estimate of drug-likeness (QED) is 0.801. The van der Waals surface area contributed by atoms with E-state index in [1.54, 1.807) is 11.3 Å². The SMILES string of the molecule is CCc1ccccc1NC(=O)CNC(=O)c1cc2c(s1)CC[C@@H](CC)C2. The molecule has 5 heteroatoms. The lowest BCUT2D eigenvalue weighted by Gasteiger charge is -2.19. The summed E-state index contributed by atoms with van der Waals surface area (Å²) in [5, 5.41) is 5.63. The predicted octanol–water partition coefficient (Wildman–Crippen LogP) is 4.19. The number of nitrogens with one attached hydrogen (secondary N) is 2. The van der Waals surface area contributed by atoms with E-state index in [2.05, 4.69) is 24.5 Å². The maximum atomic E-state index is 12.4. The highest BCUT2D eigenvalue weighted by Gasteiger charge is 2.22. The van der Waals surface area contributed by atoms with E-state index in [9.17, 15) is 9.59 Å². The van der Waals surface area contributed by atoms with Crippen LogP contribution >= 0.6 is 11.3 Å². The van der Waals surface area contributed by atoms with E-state index in [0.29, 0.717) is 4.88 Å². The van der Waals surface area contributed by atoms with Gasteiger partial charge in [-0.3, -0.25) is 9.59 Å². The van der Waals surface area contributed by atoms with Crippen LogP contribution in [-0.2, 0) is 24.1 Å². The third-order valence-electron chi connectivity index (χ3n) is 5.07. The number of hydrogen-bond acceptors (Lipinski definition) is 3. The first kappa shape index (κ1) is 18.6. The van der Waals surface area contributed by atoms with Crippen LogP contribution < -0.4 is 10.6 Å². The lowest BCUT2D eigenvalue weighted by Crippen LogP contribution is -2.32. The van der Waals surface area contributed by atoms with E-state index < -0.39 is 0 Å². The molecule has 1 aromatic heterocycles. The van der Waals surface area contributed by atoms with Gasteiger partial charge in [-0.05, 0) is 54.9 Å². The van der Waals surface area contributed by atoms with E-state index in [1.807, 2.05) is 30.3 Å². The second kappa shape index (κ2) is 8.49. The molecule has 2 N–H and O–H groups in total. The average molecular weight is 371 g/mol. The van der Waals surface area contributed by atoms with Crippen LogP contribution in [0.3, 0.4) is 0 Å². The van der Waals surface area contributed by atoms with Gasteiger partial charge >= 0.3 is 0 Å². The number of hydrogen-bond donors (Lipinski definition) is 2. The number of anilines is 1. The molecule has 4 nitrogen and oxygen atoms in total. The van der Waals surface area contributed by atoms with Gasteiger partial charge < -0.3 is 10.6 Å². The Balaban J connectivity index is 1.56. The molecule has 26 heavy (non-hydrogen) atoms. The van der Waals surface area contributed by atoms with Crippen molar-refractivity contribution in [3.63, 3.8) is 0 Å². The van der Waals surface area contributed by atoms with Gasteiger partial charge in [0.1, 0.15) is 0 Å². The Morgan fingerprint density at radius 2 is 2.04 bits per heavy atom. The molecule has 0 fully saturated rings. The van der Waals surface area contributed by atoms with Crippen molar-refractivity contribution in [2.45, 2.75) is 46.0 Å².